The lowest BCUT2D eigenvalue weighted by Crippen LogP contribution is -2.42. The second kappa shape index (κ2) is 7.63. The molecule has 0 saturated carbocycles. The van der Waals surface area contributed by atoms with E-state index in [0.717, 1.165) is 23.9 Å². The van der Waals surface area contributed by atoms with Gasteiger partial charge in [0.1, 0.15) is 5.82 Å². The van der Waals surface area contributed by atoms with E-state index in [9.17, 15) is 18.8 Å². The molecule has 0 aliphatic rings. The molecule has 3 N–H and O–H groups in total. The number of amides is 3. The first-order valence-corrected chi connectivity index (χ1v) is 7.01. The number of hydrogen-bond acceptors (Lipinski definition) is 4. The summed E-state index contributed by atoms with van der Waals surface area (Å²) in [7, 11) is 0. The summed E-state index contributed by atoms with van der Waals surface area (Å²) >= 11 is 1.03. The number of aromatic carboxylic acids is 1. The minimum atomic E-state index is -1.38. The largest absolute Gasteiger partial charge is 0.478 e. The molecule has 8 heteroatoms. The fourth-order valence-electron chi connectivity index (χ4n) is 1.42. The predicted octanol–water partition coefficient (Wildman–Crippen LogP) is 1.85. The number of urea groups is 1. The number of carbonyl (C=O) groups is 3. The Morgan fingerprint density at radius 2 is 2.05 bits per heavy atom. The lowest BCUT2D eigenvalue weighted by atomic mass is 10.2. The highest BCUT2D eigenvalue weighted by molar-refractivity contribution is 8.00. The molecule has 0 radical (unpaired) electrons. The molecule has 1 rings (SSSR count). The molecule has 0 bridgehead atoms. The van der Waals surface area contributed by atoms with Crippen molar-refractivity contribution in [1.29, 1.82) is 0 Å². The van der Waals surface area contributed by atoms with E-state index in [1.54, 1.807) is 13.8 Å². The van der Waals surface area contributed by atoms with Crippen molar-refractivity contribution in [3.8, 4) is 0 Å². The molecule has 1 aromatic rings. The topological polar surface area (TPSA) is 95.5 Å². The Balaban J connectivity index is 2.72. The maximum Gasteiger partial charge on any atom is 0.338 e. The molecule has 0 fully saturated rings. The second-order valence-electron chi connectivity index (χ2n) is 4.06. The van der Waals surface area contributed by atoms with E-state index >= 15 is 0 Å². The third-order valence-corrected chi connectivity index (χ3v) is 3.52. The van der Waals surface area contributed by atoms with Gasteiger partial charge in [-0.3, -0.25) is 10.1 Å². The summed E-state index contributed by atoms with van der Waals surface area (Å²) in [5.41, 5.74) is -0.462. The summed E-state index contributed by atoms with van der Waals surface area (Å²) in [5.74, 6) is -2.74. The van der Waals surface area contributed by atoms with Crippen LogP contribution in [0.25, 0.3) is 0 Å². The molecule has 1 aromatic carbocycles. The van der Waals surface area contributed by atoms with Gasteiger partial charge in [-0.15, -0.1) is 11.8 Å². The summed E-state index contributed by atoms with van der Waals surface area (Å²) in [4.78, 5) is 34.2. The third-order valence-electron chi connectivity index (χ3n) is 2.42. The highest BCUT2D eigenvalue weighted by Gasteiger charge is 2.18. The maximum atomic E-state index is 13.3. The molecular weight excluding hydrogens is 299 g/mol. The fourth-order valence-corrected chi connectivity index (χ4v) is 2.32. The van der Waals surface area contributed by atoms with Crippen molar-refractivity contribution in [2.24, 2.45) is 0 Å². The van der Waals surface area contributed by atoms with Crippen LogP contribution >= 0.6 is 11.8 Å². The van der Waals surface area contributed by atoms with Crippen molar-refractivity contribution in [3.05, 3.63) is 29.6 Å². The van der Waals surface area contributed by atoms with Crippen molar-refractivity contribution in [1.82, 2.24) is 10.6 Å². The highest BCUT2D eigenvalue weighted by atomic mass is 32.2. The van der Waals surface area contributed by atoms with Gasteiger partial charge in [0.15, 0.2) is 0 Å². The van der Waals surface area contributed by atoms with Gasteiger partial charge in [-0.1, -0.05) is 0 Å². The minimum Gasteiger partial charge on any atom is -0.478 e. The number of nitrogens with one attached hydrogen (secondary N) is 2. The van der Waals surface area contributed by atoms with Gasteiger partial charge in [-0.25, -0.2) is 14.0 Å². The average molecular weight is 314 g/mol. The molecule has 114 valence electrons. The maximum absolute atomic E-state index is 13.3. The van der Waals surface area contributed by atoms with Crippen molar-refractivity contribution in [3.63, 3.8) is 0 Å². The van der Waals surface area contributed by atoms with Crippen molar-refractivity contribution in [2.45, 2.75) is 24.0 Å². The van der Waals surface area contributed by atoms with Gasteiger partial charge >= 0.3 is 12.0 Å². The Labute approximate surface area is 125 Å². The summed E-state index contributed by atoms with van der Waals surface area (Å²) < 4.78 is 13.3. The molecular formula is C13H15FN2O4S. The first kappa shape index (κ1) is 17.0. The van der Waals surface area contributed by atoms with Crippen LogP contribution in [-0.2, 0) is 4.79 Å². The lowest BCUT2D eigenvalue weighted by Gasteiger charge is -2.12. The number of carboxylic acid groups (broad SMARTS) is 1. The molecule has 3 amide bonds. The summed E-state index contributed by atoms with van der Waals surface area (Å²) in [6, 6.07) is 2.96. The van der Waals surface area contributed by atoms with Crippen LogP contribution in [0, 0.1) is 5.82 Å². The fraction of sp³-hybridized carbons (Fsp3) is 0.308. The molecule has 1 atom stereocenters. The molecule has 0 saturated heterocycles. The molecule has 0 aromatic heterocycles. The Morgan fingerprint density at radius 3 is 2.62 bits per heavy atom. The average Bonchev–Trinajstić information content (AvgIpc) is 2.40. The molecule has 0 aliphatic carbocycles. The number of rotatable bonds is 5. The minimum absolute atomic E-state index is 0.389. The van der Waals surface area contributed by atoms with Crippen molar-refractivity contribution in [2.75, 3.05) is 6.54 Å². The number of imide groups is 1. The molecule has 0 spiro atoms. The normalized spacial score (nSPS) is 11.6. The van der Waals surface area contributed by atoms with Crippen LogP contribution in [0.5, 0.6) is 0 Å². The third kappa shape index (κ3) is 5.07. The van der Waals surface area contributed by atoms with Crippen LogP contribution < -0.4 is 10.6 Å². The van der Waals surface area contributed by atoms with Crippen LogP contribution in [0.15, 0.2) is 23.1 Å². The van der Waals surface area contributed by atoms with Crippen LogP contribution in [0.4, 0.5) is 9.18 Å². The van der Waals surface area contributed by atoms with Gasteiger partial charge in [0, 0.05) is 11.4 Å². The molecule has 1 unspecified atom stereocenters. The molecule has 6 nitrogen and oxygen atoms in total. The molecule has 21 heavy (non-hydrogen) atoms. The Bertz CT molecular complexity index is 565. The van der Waals surface area contributed by atoms with Crippen LogP contribution in [0.2, 0.25) is 0 Å². The second-order valence-corrected chi connectivity index (χ2v) is 5.47. The van der Waals surface area contributed by atoms with Crippen LogP contribution in [0.1, 0.15) is 24.2 Å². The zero-order valence-electron chi connectivity index (χ0n) is 11.5. The monoisotopic (exact) mass is 314 g/mol. The van der Waals surface area contributed by atoms with Crippen LogP contribution in [0.3, 0.4) is 0 Å². The van der Waals surface area contributed by atoms with Gasteiger partial charge < -0.3 is 10.4 Å². The molecule has 0 heterocycles. The Morgan fingerprint density at radius 1 is 1.38 bits per heavy atom. The van der Waals surface area contributed by atoms with E-state index in [4.69, 9.17) is 5.11 Å². The first-order valence-electron chi connectivity index (χ1n) is 6.13. The Hall–Kier alpha value is -2.09. The van der Waals surface area contributed by atoms with E-state index < -0.39 is 34.5 Å². The van der Waals surface area contributed by atoms with E-state index in [1.165, 1.54) is 6.07 Å². The SMILES string of the molecule is CCNC(=O)NC(=O)C(C)Sc1ccc(F)c(C(=O)O)c1. The number of benzene rings is 1. The van der Waals surface area contributed by atoms with Crippen molar-refractivity contribution >= 4 is 29.7 Å². The van der Waals surface area contributed by atoms with Gasteiger partial charge in [0.05, 0.1) is 10.8 Å². The van der Waals surface area contributed by atoms with E-state index in [1.807, 2.05) is 0 Å². The number of halogens is 1. The number of thioether (sulfide) groups is 1. The smallest absolute Gasteiger partial charge is 0.338 e. The molecule has 0 aliphatic heterocycles. The first-order chi connectivity index (χ1) is 9.85. The Kier molecular flexibility index (Phi) is 6.16. The standard InChI is InChI=1S/C13H15FN2O4S/c1-3-15-13(20)16-11(17)7(2)21-8-4-5-10(14)9(6-8)12(18)19/h4-7H,3H2,1-2H3,(H,18,19)(H2,15,16,17,20). The van der Waals surface area contributed by atoms with E-state index in [0.29, 0.717) is 11.4 Å². The predicted molar refractivity (Wildman–Crippen MR) is 75.9 cm³/mol. The summed E-state index contributed by atoms with van der Waals surface area (Å²) in [5, 5.41) is 12.8. The summed E-state index contributed by atoms with van der Waals surface area (Å²) in [6.45, 7) is 3.66. The zero-order valence-corrected chi connectivity index (χ0v) is 12.3. The van der Waals surface area contributed by atoms with Gasteiger partial charge in [-0.2, -0.15) is 0 Å². The summed E-state index contributed by atoms with van der Waals surface area (Å²) in [6.07, 6.45) is 0. The van der Waals surface area contributed by atoms with E-state index in [2.05, 4.69) is 10.6 Å². The number of carboxylic acids is 1. The van der Waals surface area contributed by atoms with Gasteiger partial charge in [0.2, 0.25) is 5.91 Å². The van der Waals surface area contributed by atoms with Gasteiger partial charge in [-0.05, 0) is 32.0 Å². The van der Waals surface area contributed by atoms with E-state index in [-0.39, 0.29) is 0 Å². The highest BCUT2D eigenvalue weighted by Crippen LogP contribution is 2.25. The number of carbonyl (C=O) groups excluding carboxylic acids is 2. The zero-order chi connectivity index (χ0) is 16.0. The quantitative estimate of drug-likeness (QED) is 0.721. The van der Waals surface area contributed by atoms with Crippen molar-refractivity contribution < 1.29 is 23.9 Å². The number of hydrogen-bond donors (Lipinski definition) is 3. The van der Waals surface area contributed by atoms with Gasteiger partial charge in [0.25, 0.3) is 0 Å². The lowest BCUT2D eigenvalue weighted by molar-refractivity contribution is -0.119. The van der Waals surface area contributed by atoms with Crippen LogP contribution in [-0.4, -0.2) is 34.8 Å².